The second kappa shape index (κ2) is 10.2. The first kappa shape index (κ1) is 21.9. The summed E-state index contributed by atoms with van der Waals surface area (Å²) in [6, 6.07) is 17.8. The van der Waals surface area contributed by atoms with Gasteiger partial charge in [0.15, 0.2) is 0 Å². The molecule has 2 atom stereocenters. The summed E-state index contributed by atoms with van der Waals surface area (Å²) in [5, 5.41) is 1.81. The highest BCUT2D eigenvalue weighted by Gasteiger charge is 2.31. The average Bonchev–Trinajstić information content (AvgIpc) is 2.65. The van der Waals surface area contributed by atoms with Gasteiger partial charge >= 0.3 is 6.09 Å². The molecule has 2 aromatic rings. The van der Waals surface area contributed by atoms with Crippen LogP contribution in [0.1, 0.15) is 43.6 Å². The lowest BCUT2D eigenvalue weighted by molar-refractivity contribution is 0.135. The number of alkyl carbamates (subject to hydrolysis) is 1. The molecule has 2 aromatic carbocycles. The summed E-state index contributed by atoms with van der Waals surface area (Å²) in [4.78, 5) is 12.1. The predicted octanol–water partition coefficient (Wildman–Crippen LogP) is 4.19. The van der Waals surface area contributed by atoms with Crippen molar-refractivity contribution >= 4 is 16.2 Å². The summed E-state index contributed by atoms with van der Waals surface area (Å²) in [5.74, 6) is 0. The molecule has 0 unspecified atom stereocenters. The van der Waals surface area contributed by atoms with Crippen LogP contribution in [0.3, 0.4) is 0 Å². The van der Waals surface area contributed by atoms with Gasteiger partial charge in [0.25, 0.3) is 10.1 Å². The van der Waals surface area contributed by atoms with Crippen molar-refractivity contribution in [2.75, 3.05) is 0 Å². The number of amides is 1. The number of benzene rings is 2. The number of hydrogen-bond acceptors (Lipinski definition) is 5. The first-order valence-corrected chi connectivity index (χ1v) is 10.7. The lowest BCUT2D eigenvalue weighted by Gasteiger charge is -2.23. The lowest BCUT2D eigenvalue weighted by Crippen LogP contribution is -2.35. The van der Waals surface area contributed by atoms with E-state index in [2.05, 4.69) is 5.32 Å². The molecule has 0 saturated carbocycles. The van der Waals surface area contributed by atoms with Crippen LogP contribution in [0, 0.1) is 0 Å². The van der Waals surface area contributed by atoms with Crippen molar-refractivity contribution < 1.29 is 22.1 Å². The maximum atomic E-state index is 12.7. The van der Waals surface area contributed by atoms with Crippen molar-refractivity contribution in [3.63, 3.8) is 0 Å². The fourth-order valence-corrected chi connectivity index (χ4v) is 4.46. The van der Waals surface area contributed by atoms with E-state index in [9.17, 15) is 13.2 Å². The van der Waals surface area contributed by atoms with E-state index in [-0.39, 0.29) is 13.0 Å². The van der Waals surface area contributed by atoms with Crippen LogP contribution in [-0.2, 0) is 25.6 Å². The number of ether oxygens (including phenoxy) is 1. The zero-order valence-corrected chi connectivity index (χ0v) is 17.2. The molecule has 0 aliphatic heterocycles. The van der Waals surface area contributed by atoms with Crippen LogP contribution in [-0.4, -0.2) is 26.7 Å². The maximum absolute atomic E-state index is 12.7. The minimum absolute atomic E-state index is 0.149. The second-order valence-electron chi connectivity index (χ2n) is 6.88. The fraction of sp³-hybridized carbons (Fsp3) is 0.381. The van der Waals surface area contributed by atoms with E-state index in [0.29, 0.717) is 5.56 Å². The van der Waals surface area contributed by atoms with Crippen molar-refractivity contribution in [2.45, 2.75) is 51.2 Å². The minimum Gasteiger partial charge on any atom is -0.445 e. The fourth-order valence-electron chi connectivity index (χ4n) is 2.77. The minimum atomic E-state index is -3.85. The van der Waals surface area contributed by atoms with E-state index in [1.807, 2.05) is 36.4 Å². The first-order valence-electron chi connectivity index (χ1n) is 9.22. The van der Waals surface area contributed by atoms with Gasteiger partial charge in [-0.3, -0.25) is 4.18 Å². The molecule has 0 fully saturated rings. The standard InChI is InChI=1S/C21H27NO5S/c1-16(2)27-28(24,25)20(19-12-8-5-9-13-19)14-17(3)22-21(23)26-15-18-10-6-4-7-11-18/h4-13,16-17,20H,14-15H2,1-3H3,(H,22,23)/t17-,20+/m0/s1. The molecule has 28 heavy (non-hydrogen) atoms. The molecule has 2 rings (SSSR count). The van der Waals surface area contributed by atoms with Crippen molar-refractivity contribution in [1.29, 1.82) is 0 Å². The van der Waals surface area contributed by atoms with Gasteiger partial charge in [-0.05, 0) is 38.3 Å². The summed E-state index contributed by atoms with van der Waals surface area (Å²) in [5.41, 5.74) is 1.50. The van der Waals surface area contributed by atoms with Crippen molar-refractivity contribution in [3.05, 3.63) is 71.8 Å². The molecule has 0 spiro atoms. The van der Waals surface area contributed by atoms with Crippen LogP contribution in [0.5, 0.6) is 0 Å². The molecular formula is C21H27NO5S. The van der Waals surface area contributed by atoms with Gasteiger partial charge < -0.3 is 10.1 Å². The zero-order chi connectivity index (χ0) is 20.6. The first-order chi connectivity index (χ1) is 13.3. The third-order valence-electron chi connectivity index (χ3n) is 3.99. The van der Waals surface area contributed by atoms with Crippen LogP contribution >= 0.6 is 0 Å². The average molecular weight is 406 g/mol. The predicted molar refractivity (Wildman–Crippen MR) is 108 cm³/mol. The Morgan fingerprint density at radius 1 is 0.964 bits per heavy atom. The maximum Gasteiger partial charge on any atom is 0.407 e. The zero-order valence-electron chi connectivity index (χ0n) is 16.4. The van der Waals surface area contributed by atoms with Crippen LogP contribution in [0.4, 0.5) is 4.79 Å². The van der Waals surface area contributed by atoms with E-state index >= 15 is 0 Å². The van der Waals surface area contributed by atoms with Crippen LogP contribution < -0.4 is 5.32 Å². The highest BCUT2D eigenvalue weighted by atomic mass is 32.2. The Balaban J connectivity index is 2.01. The molecule has 0 radical (unpaired) electrons. The number of hydrogen-bond donors (Lipinski definition) is 1. The Morgan fingerprint density at radius 3 is 2.11 bits per heavy atom. The quantitative estimate of drug-likeness (QED) is 0.633. The molecule has 0 heterocycles. The Labute approximate surface area is 167 Å². The third-order valence-corrected chi connectivity index (χ3v) is 5.81. The molecule has 0 aliphatic rings. The summed E-state index contributed by atoms with van der Waals surface area (Å²) in [6.45, 7) is 5.23. The van der Waals surface area contributed by atoms with Crippen molar-refractivity contribution in [2.24, 2.45) is 0 Å². The monoisotopic (exact) mass is 405 g/mol. The van der Waals surface area contributed by atoms with Gasteiger partial charge in [-0.15, -0.1) is 0 Å². The van der Waals surface area contributed by atoms with Gasteiger partial charge in [0.1, 0.15) is 11.9 Å². The summed E-state index contributed by atoms with van der Waals surface area (Å²) in [7, 11) is -3.85. The van der Waals surface area contributed by atoms with E-state index in [4.69, 9.17) is 8.92 Å². The molecule has 1 N–H and O–H groups in total. The van der Waals surface area contributed by atoms with Gasteiger partial charge in [-0.2, -0.15) is 8.42 Å². The number of rotatable bonds is 9. The number of carbonyl (C=O) groups excluding carboxylic acids is 1. The van der Waals surface area contributed by atoms with Gasteiger partial charge in [-0.25, -0.2) is 4.79 Å². The topological polar surface area (TPSA) is 81.7 Å². The summed E-state index contributed by atoms with van der Waals surface area (Å²) >= 11 is 0. The van der Waals surface area contributed by atoms with E-state index < -0.39 is 33.6 Å². The Bertz CT molecular complexity index is 838. The molecule has 152 valence electrons. The SMILES string of the molecule is CC(C)OS(=O)(=O)[C@H](C[C@H](C)NC(=O)OCc1ccccc1)c1ccccc1. The summed E-state index contributed by atoms with van der Waals surface area (Å²) < 4.78 is 35.8. The van der Waals surface area contributed by atoms with Crippen LogP contribution in [0.15, 0.2) is 60.7 Å². The van der Waals surface area contributed by atoms with Gasteiger partial charge in [0, 0.05) is 6.04 Å². The number of carbonyl (C=O) groups is 1. The van der Waals surface area contributed by atoms with Gasteiger partial charge in [0.05, 0.1) is 6.10 Å². The van der Waals surface area contributed by atoms with Gasteiger partial charge in [-0.1, -0.05) is 60.7 Å². The molecule has 0 aromatic heterocycles. The van der Waals surface area contributed by atoms with E-state index in [1.165, 1.54) is 0 Å². The molecule has 6 nitrogen and oxygen atoms in total. The lowest BCUT2D eigenvalue weighted by atomic mass is 10.1. The molecule has 0 aliphatic carbocycles. The molecular weight excluding hydrogens is 378 g/mol. The van der Waals surface area contributed by atoms with Crippen LogP contribution in [0.25, 0.3) is 0 Å². The molecule has 1 amide bonds. The third kappa shape index (κ3) is 6.98. The van der Waals surface area contributed by atoms with E-state index in [1.54, 1.807) is 45.0 Å². The van der Waals surface area contributed by atoms with Crippen molar-refractivity contribution in [3.8, 4) is 0 Å². The Hall–Kier alpha value is -2.38. The van der Waals surface area contributed by atoms with E-state index in [0.717, 1.165) is 5.56 Å². The number of nitrogens with one attached hydrogen (secondary N) is 1. The Kier molecular flexibility index (Phi) is 8.02. The highest BCUT2D eigenvalue weighted by Crippen LogP contribution is 2.29. The largest absolute Gasteiger partial charge is 0.445 e. The smallest absolute Gasteiger partial charge is 0.407 e. The summed E-state index contributed by atoms with van der Waals surface area (Å²) in [6.07, 6.45) is -0.889. The second-order valence-corrected chi connectivity index (χ2v) is 8.63. The normalized spacial score (nSPS) is 13.7. The van der Waals surface area contributed by atoms with Crippen molar-refractivity contribution in [1.82, 2.24) is 5.32 Å². The molecule has 0 bridgehead atoms. The highest BCUT2D eigenvalue weighted by molar-refractivity contribution is 7.87. The van der Waals surface area contributed by atoms with Crippen LogP contribution in [0.2, 0.25) is 0 Å². The molecule has 7 heteroatoms. The van der Waals surface area contributed by atoms with Gasteiger partial charge in [0.2, 0.25) is 0 Å². The Morgan fingerprint density at radius 2 is 1.54 bits per heavy atom. The molecule has 0 saturated heterocycles.